The predicted molar refractivity (Wildman–Crippen MR) is 123 cm³/mol. The van der Waals surface area contributed by atoms with Crippen molar-refractivity contribution in [2.75, 3.05) is 26.7 Å². The van der Waals surface area contributed by atoms with Crippen LogP contribution in [-0.2, 0) is 19.1 Å². The van der Waals surface area contributed by atoms with Gasteiger partial charge in [0.15, 0.2) is 24.3 Å². The highest BCUT2D eigenvalue weighted by Gasteiger charge is 2.49. The number of carbonyl (C=O) groups excluding carboxylic acids is 3. The molecule has 35 heavy (non-hydrogen) atoms. The molecular weight excluding hydrogens is 464 g/mol. The molecule has 3 heterocycles. The fourth-order valence-corrected chi connectivity index (χ4v) is 4.49. The number of nitrogens with one attached hydrogen (secondary N) is 3. The van der Waals surface area contributed by atoms with E-state index in [9.17, 15) is 24.6 Å². The molecule has 0 aromatic rings. The maximum absolute atomic E-state index is 12.7. The third-order valence-corrected chi connectivity index (χ3v) is 6.36. The molecule has 0 aliphatic carbocycles. The Balaban J connectivity index is 1.76. The van der Waals surface area contributed by atoms with E-state index >= 15 is 0 Å². The number of aliphatic hydroxyl groups excluding tert-OH is 2. The molecule has 0 aromatic heterocycles. The zero-order chi connectivity index (χ0) is 25.7. The molecule has 3 aliphatic heterocycles. The third-order valence-electron chi connectivity index (χ3n) is 6.36. The van der Waals surface area contributed by atoms with Crippen molar-refractivity contribution in [2.45, 2.75) is 74.4 Å². The molecule has 0 bridgehead atoms. The van der Waals surface area contributed by atoms with Crippen molar-refractivity contribution in [1.82, 2.24) is 20.9 Å². The van der Waals surface area contributed by atoms with Crippen molar-refractivity contribution < 1.29 is 34.1 Å². The fourth-order valence-electron chi connectivity index (χ4n) is 4.49. The van der Waals surface area contributed by atoms with E-state index < -0.39 is 61.3 Å². The lowest BCUT2D eigenvalue weighted by Crippen LogP contribution is -2.69. The zero-order valence-electron chi connectivity index (χ0n) is 19.6. The number of fused-ring (bicyclic) bond motifs is 1. The first kappa shape index (κ1) is 26.9. The molecule has 11 N–H and O–H groups in total. The largest absolute Gasteiger partial charge is 0.441 e. The van der Waals surface area contributed by atoms with Gasteiger partial charge in [-0.2, -0.15) is 0 Å². The number of piperidine rings is 1. The summed E-state index contributed by atoms with van der Waals surface area (Å²) in [5.41, 5.74) is 16.6. The Labute approximate surface area is 202 Å². The average molecular weight is 501 g/mol. The number of hydrogen-bond donors (Lipinski definition) is 8. The van der Waals surface area contributed by atoms with Gasteiger partial charge in [0, 0.05) is 26.1 Å². The Bertz CT molecular complexity index is 814. The summed E-state index contributed by atoms with van der Waals surface area (Å²) in [6.45, 7) is 0.420. The van der Waals surface area contributed by atoms with Crippen LogP contribution in [0.1, 0.15) is 25.7 Å². The molecule has 2 fully saturated rings. The van der Waals surface area contributed by atoms with Gasteiger partial charge in [0.25, 0.3) is 0 Å². The minimum absolute atomic E-state index is 0.0368. The molecule has 0 saturated carbocycles. The number of aliphatic imine (C=N–C) groups is 1. The maximum atomic E-state index is 12.7. The van der Waals surface area contributed by atoms with E-state index in [1.54, 1.807) is 11.9 Å². The highest BCUT2D eigenvalue weighted by atomic mass is 16.6. The molecular formula is C20H36N8O7. The number of ether oxygens (including phenoxy) is 2. The lowest BCUT2D eigenvalue weighted by atomic mass is 9.95. The standard InChI is InChI=1S/C20H36N8O7/c1-28-6-4-10-13(18(28)32)26-20(24-10)27-17-14(25-12(30)7-9(22)3-2-5-21)15(31)16(35-19(23)33)11(8-29)34-17/h9-11,13-17,29,31H,2-8,21-22H2,1H3,(H2,23,33)(H,25,30)(H2,24,26,27)/t9-,10+,11-,13+,14+,15+,16+,17+/m0/s1. The molecule has 3 rings (SSSR count). The molecule has 15 nitrogen and oxygen atoms in total. The van der Waals surface area contributed by atoms with Crippen molar-refractivity contribution in [3.05, 3.63) is 0 Å². The van der Waals surface area contributed by atoms with E-state index in [1.807, 2.05) is 0 Å². The highest BCUT2D eigenvalue weighted by Crippen LogP contribution is 2.24. The fraction of sp³-hybridized carbons (Fsp3) is 0.800. The van der Waals surface area contributed by atoms with Gasteiger partial charge in [-0.05, 0) is 25.8 Å². The summed E-state index contributed by atoms with van der Waals surface area (Å²) in [4.78, 5) is 42.5. The number of amides is 3. The van der Waals surface area contributed by atoms with E-state index in [2.05, 4.69) is 20.9 Å². The second-order valence-electron chi connectivity index (χ2n) is 9.02. The predicted octanol–water partition coefficient (Wildman–Crippen LogP) is -4.38. The monoisotopic (exact) mass is 500 g/mol. The summed E-state index contributed by atoms with van der Waals surface area (Å²) in [6, 6.07) is -2.40. The number of aliphatic hydroxyl groups is 2. The summed E-state index contributed by atoms with van der Waals surface area (Å²) in [7, 11) is 1.70. The number of primary amides is 1. The van der Waals surface area contributed by atoms with Crippen molar-refractivity contribution in [2.24, 2.45) is 22.2 Å². The van der Waals surface area contributed by atoms with E-state index in [4.69, 9.17) is 26.7 Å². The van der Waals surface area contributed by atoms with Gasteiger partial charge in [0.1, 0.15) is 18.2 Å². The highest BCUT2D eigenvalue weighted by molar-refractivity contribution is 5.92. The first-order valence-corrected chi connectivity index (χ1v) is 11.7. The number of likely N-dealkylation sites (N-methyl/N-ethyl adjacent to an activating group) is 1. The SMILES string of the molecule is CN1CC[C@H]2NC(N[C@@H]3O[C@@H](CO)[C@@H](OC(N)=O)[C@H](O)[C@H]3NC(=O)C[C@@H](N)CCCN)=N[C@H]2C1=O. The van der Waals surface area contributed by atoms with Crippen LogP contribution in [0, 0.1) is 0 Å². The van der Waals surface area contributed by atoms with Crippen molar-refractivity contribution in [3.8, 4) is 0 Å². The lowest BCUT2D eigenvalue weighted by molar-refractivity contribution is -0.198. The van der Waals surface area contributed by atoms with E-state index in [-0.39, 0.29) is 24.3 Å². The van der Waals surface area contributed by atoms with Crippen LogP contribution in [0.2, 0.25) is 0 Å². The van der Waals surface area contributed by atoms with Gasteiger partial charge in [-0.3, -0.25) is 9.59 Å². The number of likely N-dealkylation sites (tertiary alicyclic amines) is 1. The molecule has 3 amide bonds. The van der Waals surface area contributed by atoms with Crippen molar-refractivity contribution in [1.29, 1.82) is 0 Å². The van der Waals surface area contributed by atoms with Crippen LogP contribution in [0.3, 0.4) is 0 Å². The smallest absolute Gasteiger partial charge is 0.404 e. The van der Waals surface area contributed by atoms with Gasteiger partial charge in [-0.25, -0.2) is 9.79 Å². The molecule has 2 saturated heterocycles. The van der Waals surface area contributed by atoms with Crippen LogP contribution >= 0.6 is 0 Å². The first-order valence-electron chi connectivity index (χ1n) is 11.7. The van der Waals surface area contributed by atoms with Gasteiger partial charge < -0.3 is 57.7 Å². The summed E-state index contributed by atoms with van der Waals surface area (Å²) in [5.74, 6) is -0.360. The second kappa shape index (κ2) is 11.8. The normalized spacial score (nSPS) is 33.3. The van der Waals surface area contributed by atoms with E-state index in [1.165, 1.54) is 0 Å². The number of nitrogens with two attached hydrogens (primary N) is 3. The van der Waals surface area contributed by atoms with Crippen molar-refractivity contribution >= 4 is 23.9 Å². The Hall–Kier alpha value is -2.72. The Morgan fingerprint density at radius 1 is 1.43 bits per heavy atom. The lowest BCUT2D eigenvalue weighted by Gasteiger charge is -2.44. The van der Waals surface area contributed by atoms with Gasteiger partial charge in [0.2, 0.25) is 11.8 Å². The van der Waals surface area contributed by atoms with Gasteiger partial charge in [-0.1, -0.05) is 0 Å². The van der Waals surface area contributed by atoms with Crippen LogP contribution < -0.4 is 33.2 Å². The summed E-state index contributed by atoms with van der Waals surface area (Å²) in [5, 5.41) is 29.5. The van der Waals surface area contributed by atoms with Crippen LogP contribution in [0.5, 0.6) is 0 Å². The molecule has 0 aromatic carbocycles. The number of rotatable bonds is 9. The molecule has 15 heteroatoms. The number of carbonyl (C=O) groups is 3. The first-order chi connectivity index (χ1) is 16.6. The van der Waals surface area contributed by atoms with Gasteiger partial charge >= 0.3 is 6.09 Å². The van der Waals surface area contributed by atoms with Crippen LogP contribution in [0.25, 0.3) is 0 Å². The number of guanidine groups is 1. The summed E-state index contributed by atoms with van der Waals surface area (Å²) in [6.07, 6.45) is -4.41. The average Bonchev–Trinajstić information content (AvgIpc) is 3.22. The molecule has 0 radical (unpaired) electrons. The Kier molecular flexibility index (Phi) is 9.07. The summed E-state index contributed by atoms with van der Waals surface area (Å²) >= 11 is 0. The third kappa shape index (κ3) is 6.49. The van der Waals surface area contributed by atoms with Gasteiger partial charge in [-0.15, -0.1) is 0 Å². The Morgan fingerprint density at radius 2 is 2.17 bits per heavy atom. The van der Waals surface area contributed by atoms with E-state index in [0.29, 0.717) is 32.4 Å². The molecule has 8 atom stereocenters. The Morgan fingerprint density at radius 3 is 2.83 bits per heavy atom. The molecule has 0 spiro atoms. The number of nitrogens with zero attached hydrogens (tertiary/aromatic N) is 2. The second-order valence-corrected chi connectivity index (χ2v) is 9.02. The minimum Gasteiger partial charge on any atom is -0.441 e. The summed E-state index contributed by atoms with van der Waals surface area (Å²) < 4.78 is 10.8. The van der Waals surface area contributed by atoms with Crippen LogP contribution in [0.15, 0.2) is 4.99 Å². The van der Waals surface area contributed by atoms with Gasteiger partial charge in [0.05, 0.1) is 12.6 Å². The van der Waals surface area contributed by atoms with Crippen LogP contribution in [0.4, 0.5) is 4.79 Å². The topological polar surface area (TPSA) is 240 Å². The molecule has 198 valence electrons. The molecule has 3 aliphatic rings. The minimum atomic E-state index is -1.49. The van der Waals surface area contributed by atoms with E-state index in [0.717, 1.165) is 0 Å². The quantitative estimate of drug-likeness (QED) is 0.150. The maximum Gasteiger partial charge on any atom is 0.404 e. The number of hydrogen-bond acceptors (Lipinski definition) is 12. The van der Waals surface area contributed by atoms with Crippen molar-refractivity contribution in [3.63, 3.8) is 0 Å². The molecule has 0 unspecified atom stereocenters. The zero-order valence-corrected chi connectivity index (χ0v) is 19.6. The van der Waals surface area contributed by atoms with Crippen LogP contribution in [-0.4, -0.2) is 114 Å².